The Morgan fingerprint density at radius 2 is 2.07 bits per heavy atom. The lowest BCUT2D eigenvalue weighted by Gasteiger charge is -2.31. The summed E-state index contributed by atoms with van der Waals surface area (Å²) in [6.45, 7) is 5.37. The molecule has 2 N–H and O–H groups in total. The Labute approximate surface area is 88.9 Å². The molecule has 0 saturated carbocycles. The van der Waals surface area contributed by atoms with Gasteiger partial charge in [0.1, 0.15) is 11.7 Å². The summed E-state index contributed by atoms with van der Waals surface area (Å²) in [6.07, 6.45) is -1.59. The third-order valence-corrected chi connectivity index (χ3v) is 2.99. The molecule has 2 rings (SSSR count). The number of hydrogen-bond donors (Lipinski definition) is 2. The topological polar surface area (TPSA) is 68.2 Å². The standard InChI is InChI=1S/C10H18O5/c1-4-6(11)10(12)5-13-8-7(10)14-9(2,3)15-8/h6-8,11-12H,4-5H2,1-3H3/t6?,7-,8+,10-/m0/s1. The van der Waals surface area contributed by atoms with Crippen LogP contribution in [0, 0.1) is 0 Å². The van der Waals surface area contributed by atoms with E-state index in [0.29, 0.717) is 6.42 Å². The van der Waals surface area contributed by atoms with Crippen LogP contribution in [0.3, 0.4) is 0 Å². The fourth-order valence-electron chi connectivity index (χ4n) is 2.13. The first kappa shape index (κ1) is 11.3. The molecule has 0 aromatic rings. The summed E-state index contributed by atoms with van der Waals surface area (Å²) in [5, 5.41) is 20.1. The summed E-state index contributed by atoms with van der Waals surface area (Å²) in [5.74, 6) is -0.767. The Balaban J connectivity index is 2.17. The SMILES string of the molecule is CCC(O)[C@@]1(O)CO[C@@H]2OC(C)(C)O[C@@H]21. The lowest BCUT2D eigenvalue weighted by molar-refractivity contribution is -0.222. The molecule has 0 aromatic heterocycles. The van der Waals surface area contributed by atoms with Gasteiger partial charge < -0.3 is 24.4 Å². The normalized spacial score (nSPS) is 45.4. The fourth-order valence-corrected chi connectivity index (χ4v) is 2.13. The quantitative estimate of drug-likeness (QED) is 0.682. The first-order chi connectivity index (χ1) is 6.89. The van der Waals surface area contributed by atoms with Crippen LogP contribution in [0.5, 0.6) is 0 Å². The fraction of sp³-hybridized carbons (Fsp3) is 1.00. The number of aliphatic hydroxyl groups is 2. The van der Waals surface area contributed by atoms with Crippen molar-refractivity contribution in [1.29, 1.82) is 0 Å². The van der Waals surface area contributed by atoms with Crippen LogP contribution in [-0.4, -0.2) is 46.7 Å². The first-order valence-corrected chi connectivity index (χ1v) is 5.27. The molecule has 15 heavy (non-hydrogen) atoms. The van der Waals surface area contributed by atoms with E-state index in [1.165, 1.54) is 0 Å². The number of rotatable bonds is 2. The highest BCUT2D eigenvalue weighted by Crippen LogP contribution is 2.41. The number of hydrogen-bond acceptors (Lipinski definition) is 5. The van der Waals surface area contributed by atoms with E-state index in [0.717, 1.165) is 0 Å². The van der Waals surface area contributed by atoms with Crippen LogP contribution in [-0.2, 0) is 14.2 Å². The molecule has 5 heteroatoms. The lowest BCUT2D eigenvalue weighted by Crippen LogP contribution is -2.53. The van der Waals surface area contributed by atoms with Crippen LogP contribution >= 0.6 is 0 Å². The van der Waals surface area contributed by atoms with Crippen LogP contribution in [0.4, 0.5) is 0 Å². The smallest absolute Gasteiger partial charge is 0.190 e. The maximum atomic E-state index is 10.3. The third kappa shape index (κ3) is 1.68. The lowest BCUT2D eigenvalue weighted by atomic mass is 9.91. The molecule has 0 radical (unpaired) electrons. The molecule has 0 amide bonds. The Morgan fingerprint density at radius 3 is 2.67 bits per heavy atom. The Kier molecular flexibility index (Phi) is 2.56. The molecule has 5 nitrogen and oxygen atoms in total. The number of fused-ring (bicyclic) bond motifs is 1. The summed E-state index contributed by atoms with van der Waals surface area (Å²) >= 11 is 0. The maximum Gasteiger partial charge on any atom is 0.190 e. The predicted molar refractivity (Wildman–Crippen MR) is 51.0 cm³/mol. The second-order valence-electron chi connectivity index (χ2n) is 4.65. The molecule has 2 aliphatic rings. The molecule has 1 unspecified atom stereocenters. The molecule has 0 bridgehead atoms. The van der Waals surface area contributed by atoms with Gasteiger partial charge in [-0.15, -0.1) is 0 Å². The zero-order chi connectivity index (χ0) is 11.3. The highest BCUT2D eigenvalue weighted by Gasteiger charge is 2.60. The Hall–Kier alpha value is -0.200. The largest absolute Gasteiger partial charge is 0.390 e. The van der Waals surface area contributed by atoms with Gasteiger partial charge in [-0.25, -0.2) is 0 Å². The van der Waals surface area contributed by atoms with Gasteiger partial charge in [0.15, 0.2) is 12.1 Å². The van der Waals surface area contributed by atoms with Crippen molar-refractivity contribution in [2.75, 3.05) is 6.61 Å². The summed E-state index contributed by atoms with van der Waals surface area (Å²) in [4.78, 5) is 0. The average molecular weight is 218 g/mol. The van der Waals surface area contributed by atoms with Gasteiger partial charge in [-0.05, 0) is 20.3 Å². The highest BCUT2D eigenvalue weighted by atomic mass is 16.8. The van der Waals surface area contributed by atoms with Gasteiger partial charge in [0.2, 0.25) is 0 Å². The van der Waals surface area contributed by atoms with Crippen molar-refractivity contribution in [3.05, 3.63) is 0 Å². The van der Waals surface area contributed by atoms with Gasteiger partial charge >= 0.3 is 0 Å². The van der Waals surface area contributed by atoms with Crippen LogP contribution in [0.25, 0.3) is 0 Å². The molecule has 4 atom stereocenters. The second-order valence-corrected chi connectivity index (χ2v) is 4.65. The molecule has 2 aliphatic heterocycles. The Bertz CT molecular complexity index is 254. The van der Waals surface area contributed by atoms with Crippen molar-refractivity contribution < 1.29 is 24.4 Å². The highest BCUT2D eigenvalue weighted by molar-refractivity contribution is 5.02. The molecule has 0 aromatic carbocycles. The molecule has 0 spiro atoms. The molecule has 88 valence electrons. The molecule has 2 heterocycles. The number of ether oxygens (including phenoxy) is 3. The van der Waals surface area contributed by atoms with Crippen molar-refractivity contribution >= 4 is 0 Å². The monoisotopic (exact) mass is 218 g/mol. The summed E-state index contributed by atoms with van der Waals surface area (Å²) < 4.78 is 16.3. The van der Waals surface area contributed by atoms with E-state index < -0.39 is 29.9 Å². The van der Waals surface area contributed by atoms with E-state index in [1.807, 2.05) is 0 Å². The van der Waals surface area contributed by atoms with Crippen LogP contribution < -0.4 is 0 Å². The van der Waals surface area contributed by atoms with Gasteiger partial charge in [0, 0.05) is 0 Å². The minimum atomic E-state index is -1.35. The van der Waals surface area contributed by atoms with Gasteiger partial charge in [0.05, 0.1) is 12.7 Å². The predicted octanol–water partition coefficient (Wildman–Crippen LogP) is -0.00380. The Morgan fingerprint density at radius 1 is 1.40 bits per heavy atom. The van der Waals surface area contributed by atoms with Crippen molar-refractivity contribution in [3.63, 3.8) is 0 Å². The van der Waals surface area contributed by atoms with Crippen molar-refractivity contribution in [3.8, 4) is 0 Å². The van der Waals surface area contributed by atoms with Crippen molar-refractivity contribution in [2.45, 2.75) is 57.1 Å². The third-order valence-electron chi connectivity index (χ3n) is 2.99. The van der Waals surface area contributed by atoms with Gasteiger partial charge in [-0.3, -0.25) is 0 Å². The molecule has 2 fully saturated rings. The zero-order valence-electron chi connectivity index (χ0n) is 9.27. The minimum Gasteiger partial charge on any atom is -0.390 e. The van der Waals surface area contributed by atoms with Crippen molar-refractivity contribution in [2.24, 2.45) is 0 Å². The van der Waals surface area contributed by atoms with Crippen LogP contribution in [0.2, 0.25) is 0 Å². The summed E-state index contributed by atoms with van der Waals surface area (Å²) in [7, 11) is 0. The van der Waals surface area contributed by atoms with Gasteiger partial charge in [0.25, 0.3) is 0 Å². The van der Waals surface area contributed by atoms with E-state index >= 15 is 0 Å². The molecular formula is C10H18O5. The minimum absolute atomic E-state index is 0.0490. The molecule has 2 saturated heterocycles. The van der Waals surface area contributed by atoms with E-state index in [2.05, 4.69) is 0 Å². The van der Waals surface area contributed by atoms with E-state index in [4.69, 9.17) is 14.2 Å². The average Bonchev–Trinajstić information content (AvgIpc) is 2.62. The van der Waals surface area contributed by atoms with Crippen LogP contribution in [0.15, 0.2) is 0 Å². The van der Waals surface area contributed by atoms with E-state index in [9.17, 15) is 10.2 Å². The first-order valence-electron chi connectivity index (χ1n) is 5.27. The van der Waals surface area contributed by atoms with Gasteiger partial charge in [-0.2, -0.15) is 0 Å². The summed E-state index contributed by atoms with van der Waals surface area (Å²) in [5.41, 5.74) is -1.35. The number of aliphatic hydroxyl groups excluding tert-OH is 1. The molecule has 0 aliphatic carbocycles. The van der Waals surface area contributed by atoms with Crippen LogP contribution in [0.1, 0.15) is 27.2 Å². The maximum absolute atomic E-state index is 10.3. The van der Waals surface area contributed by atoms with E-state index in [-0.39, 0.29) is 6.61 Å². The molecular weight excluding hydrogens is 200 g/mol. The van der Waals surface area contributed by atoms with E-state index in [1.54, 1.807) is 20.8 Å². The van der Waals surface area contributed by atoms with Gasteiger partial charge in [-0.1, -0.05) is 6.92 Å². The summed E-state index contributed by atoms with van der Waals surface area (Å²) in [6, 6.07) is 0. The van der Waals surface area contributed by atoms with Crippen molar-refractivity contribution in [1.82, 2.24) is 0 Å². The second kappa shape index (κ2) is 3.40. The zero-order valence-corrected chi connectivity index (χ0v) is 9.27.